The zero-order valence-electron chi connectivity index (χ0n) is 12.8. The molecule has 0 atom stereocenters. The summed E-state index contributed by atoms with van der Waals surface area (Å²) in [5, 5.41) is 17.4. The predicted molar refractivity (Wildman–Crippen MR) is 84.6 cm³/mol. The molecule has 0 aliphatic rings. The zero-order chi connectivity index (χ0) is 17.0. The predicted octanol–water partition coefficient (Wildman–Crippen LogP) is 2.12. The monoisotopic (exact) mass is 316 g/mol. The second-order valence-electron chi connectivity index (χ2n) is 4.99. The number of nitro groups is 1. The molecule has 0 aliphatic carbocycles. The van der Waals surface area contributed by atoms with Crippen LogP contribution in [0.4, 0.5) is 11.4 Å². The number of nitrogens with one attached hydrogen (secondary N) is 1. The summed E-state index contributed by atoms with van der Waals surface area (Å²) in [6, 6.07) is 6.81. The molecule has 0 saturated heterocycles. The fraction of sp³-hybridized carbons (Fsp3) is 0.267. The Morgan fingerprint density at radius 1 is 1.35 bits per heavy atom. The Bertz CT molecular complexity index is 813. The van der Waals surface area contributed by atoms with Crippen LogP contribution >= 0.6 is 0 Å². The molecule has 0 unspecified atom stereocenters. The van der Waals surface area contributed by atoms with Crippen molar-refractivity contribution >= 4 is 17.3 Å². The quantitative estimate of drug-likeness (QED) is 0.671. The van der Waals surface area contributed by atoms with Crippen molar-refractivity contribution in [2.24, 2.45) is 0 Å². The molecule has 2 aromatic rings. The van der Waals surface area contributed by atoms with E-state index < -0.39 is 10.8 Å². The van der Waals surface area contributed by atoms with Gasteiger partial charge >= 0.3 is 0 Å². The number of benzene rings is 1. The van der Waals surface area contributed by atoms with E-state index in [0.29, 0.717) is 24.2 Å². The van der Waals surface area contributed by atoms with E-state index in [2.05, 4.69) is 10.4 Å². The van der Waals surface area contributed by atoms with Gasteiger partial charge in [-0.25, -0.2) is 4.68 Å². The molecule has 0 bridgehead atoms. The molecule has 1 aromatic carbocycles. The minimum absolute atomic E-state index is 0.0731. The van der Waals surface area contributed by atoms with Gasteiger partial charge in [0.2, 0.25) is 0 Å². The van der Waals surface area contributed by atoms with Crippen LogP contribution in [-0.4, -0.2) is 20.6 Å². The van der Waals surface area contributed by atoms with Crippen LogP contribution in [0.1, 0.15) is 29.4 Å². The van der Waals surface area contributed by atoms with Crippen LogP contribution in [0.15, 0.2) is 35.1 Å². The number of hydrogen-bond acceptors (Lipinski definition) is 5. The smallest absolute Gasteiger partial charge is 0.276 e. The third kappa shape index (κ3) is 3.79. The van der Waals surface area contributed by atoms with E-state index in [1.165, 1.54) is 28.9 Å². The minimum atomic E-state index is -0.533. The average Bonchev–Trinajstić information content (AvgIpc) is 2.51. The Kier molecular flexibility index (Phi) is 4.85. The molecule has 120 valence electrons. The highest BCUT2D eigenvalue weighted by Gasteiger charge is 2.14. The van der Waals surface area contributed by atoms with Crippen molar-refractivity contribution in [3.8, 4) is 0 Å². The summed E-state index contributed by atoms with van der Waals surface area (Å²) >= 11 is 0. The van der Waals surface area contributed by atoms with E-state index in [1.54, 1.807) is 13.0 Å². The third-order valence-electron chi connectivity index (χ3n) is 3.21. The van der Waals surface area contributed by atoms with Crippen LogP contribution in [0.25, 0.3) is 0 Å². The van der Waals surface area contributed by atoms with E-state index in [4.69, 9.17) is 0 Å². The van der Waals surface area contributed by atoms with E-state index >= 15 is 0 Å². The summed E-state index contributed by atoms with van der Waals surface area (Å²) in [6.07, 6.45) is 0.710. The van der Waals surface area contributed by atoms with Crippen molar-refractivity contribution in [2.45, 2.75) is 26.8 Å². The van der Waals surface area contributed by atoms with Crippen molar-refractivity contribution in [3.05, 3.63) is 62.1 Å². The molecule has 1 heterocycles. The van der Waals surface area contributed by atoms with Gasteiger partial charge in [-0.1, -0.05) is 13.0 Å². The maximum absolute atomic E-state index is 12.3. The van der Waals surface area contributed by atoms with Crippen molar-refractivity contribution < 1.29 is 9.72 Å². The second-order valence-corrected chi connectivity index (χ2v) is 4.99. The number of aryl methyl sites for hydroxylation is 2. The Labute approximate surface area is 131 Å². The van der Waals surface area contributed by atoms with E-state index in [9.17, 15) is 19.7 Å². The van der Waals surface area contributed by atoms with Crippen LogP contribution in [0, 0.1) is 17.0 Å². The summed E-state index contributed by atoms with van der Waals surface area (Å²) < 4.78 is 1.22. The molecule has 0 radical (unpaired) electrons. The largest absolute Gasteiger partial charge is 0.320 e. The maximum Gasteiger partial charge on any atom is 0.276 e. The topological polar surface area (TPSA) is 107 Å². The molecule has 0 saturated carbocycles. The lowest BCUT2D eigenvalue weighted by atomic mass is 10.1. The number of rotatable bonds is 5. The van der Waals surface area contributed by atoms with Crippen LogP contribution in [0.5, 0.6) is 0 Å². The molecule has 0 fully saturated rings. The van der Waals surface area contributed by atoms with E-state index in [-0.39, 0.29) is 16.9 Å². The zero-order valence-corrected chi connectivity index (χ0v) is 12.8. The van der Waals surface area contributed by atoms with E-state index in [1.807, 2.05) is 6.92 Å². The van der Waals surface area contributed by atoms with Gasteiger partial charge in [0.05, 0.1) is 10.6 Å². The number of nitro benzene ring substituents is 1. The van der Waals surface area contributed by atoms with Crippen molar-refractivity contribution in [1.29, 1.82) is 0 Å². The number of non-ortho nitro benzene ring substituents is 1. The molecule has 1 N–H and O–H groups in total. The lowest BCUT2D eigenvalue weighted by Crippen LogP contribution is -2.26. The SMILES string of the molecule is CCCn1nc(C(=O)Nc2cc([N+](=O)[O-])ccc2C)ccc1=O. The summed E-state index contributed by atoms with van der Waals surface area (Å²) in [7, 11) is 0. The van der Waals surface area contributed by atoms with Crippen molar-refractivity contribution in [1.82, 2.24) is 9.78 Å². The highest BCUT2D eigenvalue weighted by Crippen LogP contribution is 2.22. The first-order valence-electron chi connectivity index (χ1n) is 7.07. The van der Waals surface area contributed by atoms with Gasteiger partial charge in [-0.3, -0.25) is 19.7 Å². The summed E-state index contributed by atoms with van der Waals surface area (Å²) in [5.74, 6) is -0.529. The Morgan fingerprint density at radius 3 is 2.74 bits per heavy atom. The van der Waals surface area contributed by atoms with E-state index in [0.717, 1.165) is 0 Å². The molecule has 23 heavy (non-hydrogen) atoms. The summed E-state index contributed by atoms with van der Waals surface area (Å²) in [6.45, 7) is 4.04. The van der Waals surface area contributed by atoms with Gasteiger partial charge in [0.1, 0.15) is 5.69 Å². The van der Waals surface area contributed by atoms with Crippen LogP contribution in [-0.2, 0) is 6.54 Å². The molecule has 2 rings (SSSR count). The van der Waals surface area contributed by atoms with Gasteiger partial charge in [0, 0.05) is 24.7 Å². The summed E-state index contributed by atoms with van der Waals surface area (Å²) in [5.41, 5.74) is 0.693. The third-order valence-corrected chi connectivity index (χ3v) is 3.21. The highest BCUT2D eigenvalue weighted by atomic mass is 16.6. The van der Waals surface area contributed by atoms with Gasteiger partial charge in [-0.05, 0) is 25.0 Å². The van der Waals surface area contributed by atoms with Gasteiger partial charge in [-0.15, -0.1) is 0 Å². The average molecular weight is 316 g/mol. The van der Waals surface area contributed by atoms with Crippen LogP contribution < -0.4 is 10.9 Å². The molecule has 0 spiro atoms. The first-order valence-corrected chi connectivity index (χ1v) is 7.07. The standard InChI is InChI=1S/C15H16N4O4/c1-3-8-18-14(20)7-6-12(17-18)15(21)16-13-9-11(19(22)23)5-4-10(13)2/h4-7,9H,3,8H2,1-2H3,(H,16,21). The van der Waals surface area contributed by atoms with Gasteiger partial charge in [-0.2, -0.15) is 5.10 Å². The number of carbonyl (C=O) groups excluding carboxylic acids is 1. The second kappa shape index (κ2) is 6.82. The first-order chi connectivity index (χ1) is 10.9. The number of amides is 1. The maximum atomic E-state index is 12.3. The lowest BCUT2D eigenvalue weighted by Gasteiger charge is -2.09. The van der Waals surface area contributed by atoms with Gasteiger partial charge in [0.15, 0.2) is 0 Å². The number of carbonyl (C=O) groups is 1. The minimum Gasteiger partial charge on any atom is -0.320 e. The molecule has 0 aliphatic heterocycles. The molecule has 1 aromatic heterocycles. The Hall–Kier alpha value is -3.03. The fourth-order valence-corrected chi connectivity index (χ4v) is 1.99. The lowest BCUT2D eigenvalue weighted by molar-refractivity contribution is -0.384. The first kappa shape index (κ1) is 16.3. The number of anilines is 1. The van der Waals surface area contributed by atoms with Gasteiger partial charge in [0.25, 0.3) is 17.2 Å². The Balaban J connectivity index is 2.29. The normalized spacial score (nSPS) is 10.3. The molecular formula is C15H16N4O4. The van der Waals surface area contributed by atoms with Gasteiger partial charge < -0.3 is 5.32 Å². The van der Waals surface area contributed by atoms with Crippen molar-refractivity contribution in [3.63, 3.8) is 0 Å². The van der Waals surface area contributed by atoms with Crippen LogP contribution in [0.3, 0.4) is 0 Å². The number of hydrogen-bond donors (Lipinski definition) is 1. The van der Waals surface area contributed by atoms with Crippen molar-refractivity contribution in [2.75, 3.05) is 5.32 Å². The molecular weight excluding hydrogens is 300 g/mol. The molecule has 1 amide bonds. The molecule has 8 nitrogen and oxygen atoms in total. The molecule has 8 heteroatoms. The number of nitrogens with zero attached hydrogens (tertiary/aromatic N) is 3. The highest BCUT2D eigenvalue weighted by molar-refractivity contribution is 6.03. The fourth-order valence-electron chi connectivity index (χ4n) is 1.99. The number of aromatic nitrogens is 2. The van der Waals surface area contributed by atoms with Crippen LogP contribution in [0.2, 0.25) is 0 Å². The summed E-state index contributed by atoms with van der Waals surface area (Å²) in [4.78, 5) is 34.1. The Morgan fingerprint density at radius 2 is 2.09 bits per heavy atom.